The maximum absolute atomic E-state index is 13.0. The van der Waals surface area contributed by atoms with Crippen LogP contribution in [0, 0.1) is 5.82 Å². The molecule has 1 heterocycles. The molecule has 0 amide bonds. The summed E-state index contributed by atoms with van der Waals surface area (Å²) in [5.74, 6) is -0.192. The third kappa shape index (κ3) is 4.66. The zero-order valence-electron chi connectivity index (χ0n) is 13.2. The summed E-state index contributed by atoms with van der Waals surface area (Å²) in [6, 6.07) is 14.2. The van der Waals surface area contributed by atoms with Crippen LogP contribution in [-0.4, -0.2) is 41.1 Å². The van der Waals surface area contributed by atoms with Crippen LogP contribution in [0.4, 0.5) is 10.1 Å². The van der Waals surface area contributed by atoms with Gasteiger partial charge in [0, 0.05) is 43.4 Å². The van der Waals surface area contributed by atoms with E-state index in [1.54, 1.807) is 0 Å². The molecule has 0 radical (unpaired) electrons. The monoisotopic (exact) mass is 363 g/mol. The number of hydrogen-bond acceptors (Lipinski definition) is 2. The number of benzene rings is 2. The van der Waals surface area contributed by atoms with E-state index in [-0.39, 0.29) is 5.82 Å². The summed E-state index contributed by atoms with van der Waals surface area (Å²) in [6.45, 7) is 4.45. The van der Waals surface area contributed by atoms with Gasteiger partial charge in [0.25, 0.3) is 0 Å². The third-order valence-electron chi connectivity index (χ3n) is 4.07. The van der Waals surface area contributed by atoms with Gasteiger partial charge in [0.05, 0.1) is 0 Å². The van der Waals surface area contributed by atoms with E-state index < -0.39 is 0 Å². The van der Waals surface area contributed by atoms with Crippen molar-refractivity contribution >= 4 is 34.6 Å². The van der Waals surface area contributed by atoms with Gasteiger partial charge in [-0.25, -0.2) is 4.39 Å². The van der Waals surface area contributed by atoms with Gasteiger partial charge in [-0.2, -0.15) is 0 Å². The smallest absolute Gasteiger partial charge is 0.173 e. The first kappa shape index (κ1) is 17.1. The van der Waals surface area contributed by atoms with Crippen LogP contribution in [0.5, 0.6) is 0 Å². The summed E-state index contributed by atoms with van der Waals surface area (Å²) in [6.07, 6.45) is 0. The Hall–Kier alpha value is -1.69. The molecule has 0 saturated carbocycles. The molecular weight excluding hydrogens is 345 g/mol. The van der Waals surface area contributed by atoms with Gasteiger partial charge < -0.3 is 10.2 Å². The Bertz CT molecular complexity index is 682. The van der Waals surface area contributed by atoms with Gasteiger partial charge in [-0.05, 0) is 54.2 Å². The van der Waals surface area contributed by atoms with E-state index in [9.17, 15) is 4.39 Å². The average Bonchev–Trinajstić information content (AvgIpc) is 2.59. The predicted octanol–water partition coefficient (Wildman–Crippen LogP) is 3.99. The molecule has 1 saturated heterocycles. The van der Waals surface area contributed by atoms with Crippen LogP contribution in [0.1, 0.15) is 5.56 Å². The highest BCUT2D eigenvalue weighted by Crippen LogP contribution is 2.15. The molecule has 3 rings (SSSR count). The standard InChI is InChI=1S/C18H19ClFN3S/c19-15-3-7-17(8-4-15)21-18(24)23-11-9-22(10-12-23)13-14-1-5-16(20)6-2-14/h1-8H,9-13H2,(H,21,24). The molecule has 1 fully saturated rings. The lowest BCUT2D eigenvalue weighted by Gasteiger charge is -2.36. The Morgan fingerprint density at radius 3 is 2.25 bits per heavy atom. The van der Waals surface area contributed by atoms with Gasteiger partial charge in [-0.15, -0.1) is 0 Å². The quantitative estimate of drug-likeness (QED) is 0.830. The van der Waals surface area contributed by atoms with E-state index in [0.29, 0.717) is 5.02 Å². The Kier molecular flexibility index (Phi) is 5.66. The highest BCUT2D eigenvalue weighted by molar-refractivity contribution is 7.80. The number of anilines is 1. The second kappa shape index (κ2) is 7.92. The van der Waals surface area contributed by atoms with E-state index in [2.05, 4.69) is 15.1 Å². The minimum absolute atomic E-state index is 0.192. The molecule has 126 valence electrons. The molecule has 3 nitrogen and oxygen atoms in total. The fourth-order valence-corrected chi connectivity index (χ4v) is 3.12. The number of rotatable bonds is 3. The van der Waals surface area contributed by atoms with Crippen molar-refractivity contribution in [3.05, 3.63) is 64.9 Å². The summed E-state index contributed by atoms with van der Waals surface area (Å²) in [5.41, 5.74) is 2.07. The van der Waals surface area contributed by atoms with Crippen LogP contribution in [0.2, 0.25) is 5.02 Å². The fourth-order valence-electron chi connectivity index (χ4n) is 2.69. The fraction of sp³-hybridized carbons (Fsp3) is 0.278. The van der Waals surface area contributed by atoms with Crippen LogP contribution in [0.3, 0.4) is 0 Å². The molecule has 0 aromatic heterocycles. The molecular formula is C18H19ClFN3S. The summed E-state index contributed by atoms with van der Waals surface area (Å²) >= 11 is 11.4. The lowest BCUT2D eigenvalue weighted by atomic mass is 10.2. The van der Waals surface area contributed by atoms with Crippen LogP contribution in [0.15, 0.2) is 48.5 Å². The van der Waals surface area contributed by atoms with Crippen LogP contribution >= 0.6 is 23.8 Å². The zero-order valence-corrected chi connectivity index (χ0v) is 14.8. The number of thiocarbonyl (C=S) groups is 1. The summed E-state index contributed by atoms with van der Waals surface area (Å²) in [7, 11) is 0. The second-order valence-corrected chi connectivity index (χ2v) is 6.65. The van der Waals surface area contributed by atoms with Crippen molar-refractivity contribution < 1.29 is 4.39 Å². The first-order valence-electron chi connectivity index (χ1n) is 7.88. The van der Waals surface area contributed by atoms with Crippen molar-refractivity contribution in [2.24, 2.45) is 0 Å². The first-order chi connectivity index (χ1) is 11.6. The van der Waals surface area contributed by atoms with E-state index >= 15 is 0 Å². The largest absolute Gasteiger partial charge is 0.346 e. The molecule has 2 aromatic rings. The van der Waals surface area contributed by atoms with Gasteiger partial charge >= 0.3 is 0 Å². The molecule has 1 N–H and O–H groups in total. The number of halogens is 2. The predicted molar refractivity (Wildman–Crippen MR) is 101 cm³/mol. The topological polar surface area (TPSA) is 18.5 Å². The van der Waals surface area contributed by atoms with Gasteiger partial charge in [-0.3, -0.25) is 4.90 Å². The van der Waals surface area contributed by atoms with Crippen molar-refractivity contribution in [2.75, 3.05) is 31.5 Å². The van der Waals surface area contributed by atoms with Gasteiger partial charge in [-0.1, -0.05) is 23.7 Å². The van der Waals surface area contributed by atoms with E-state index in [4.69, 9.17) is 23.8 Å². The number of nitrogens with one attached hydrogen (secondary N) is 1. The van der Waals surface area contributed by atoms with E-state index in [1.165, 1.54) is 12.1 Å². The molecule has 0 bridgehead atoms. The molecule has 24 heavy (non-hydrogen) atoms. The minimum Gasteiger partial charge on any atom is -0.346 e. The Labute approximate surface area is 152 Å². The third-order valence-corrected chi connectivity index (χ3v) is 4.69. The molecule has 0 atom stereocenters. The molecule has 2 aromatic carbocycles. The molecule has 1 aliphatic rings. The number of piperazine rings is 1. The van der Waals surface area contributed by atoms with Crippen molar-refractivity contribution in [1.82, 2.24) is 9.80 Å². The number of hydrogen-bond donors (Lipinski definition) is 1. The van der Waals surface area contributed by atoms with Gasteiger partial charge in [0.15, 0.2) is 5.11 Å². The lowest BCUT2D eigenvalue weighted by molar-refractivity contribution is 0.177. The lowest BCUT2D eigenvalue weighted by Crippen LogP contribution is -2.49. The van der Waals surface area contributed by atoms with E-state index in [1.807, 2.05) is 36.4 Å². The van der Waals surface area contributed by atoms with Gasteiger partial charge in [0.1, 0.15) is 5.82 Å². The van der Waals surface area contributed by atoms with Crippen LogP contribution in [0.25, 0.3) is 0 Å². The maximum atomic E-state index is 13.0. The van der Waals surface area contributed by atoms with Crippen molar-refractivity contribution in [2.45, 2.75) is 6.54 Å². The first-order valence-corrected chi connectivity index (χ1v) is 8.67. The highest BCUT2D eigenvalue weighted by Gasteiger charge is 2.19. The number of nitrogens with zero attached hydrogens (tertiary/aromatic N) is 2. The van der Waals surface area contributed by atoms with Crippen LogP contribution in [-0.2, 0) is 6.54 Å². The van der Waals surface area contributed by atoms with Crippen molar-refractivity contribution in [3.63, 3.8) is 0 Å². The second-order valence-electron chi connectivity index (χ2n) is 5.83. The SMILES string of the molecule is Fc1ccc(CN2CCN(C(=S)Nc3ccc(Cl)cc3)CC2)cc1. The zero-order chi connectivity index (χ0) is 16.9. The molecule has 0 spiro atoms. The normalized spacial score (nSPS) is 15.3. The molecule has 0 unspecified atom stereocenters. The summed E-state index contributed by atoms with van der Waals surface area (Å²) in [5, 5.41) is 4.69. The maximum Gasteiger partial charge on any atom is 0.173 e. The summed E-state index contributed by atoms with van der Waals surface area (Å²) < 4.78 is 13.0. The van der Waals surface area contributed by atoms with Crippen molar-refractivity contribution in [1.29, 1.82) is 0 Å². The summed E-state index contributed by atoms with van der Waals surface area (Å²) in [4.78, 5) is 4.53. The Morgan fingerprint density at radius 2 is 1.62 bits per heavy atom. The van der Waals surface area contributed by atoms with Crippen molar-refractivity contribution in [3.8, 4) is 0 Å². The Balaban J connectivity index is 1.48. The van der Waals surface area contributed by atoms with Gasteiger partial charge in [0.2, 0.25) is 0 Å². The van der Waals surface area contributed by atoms with Crippen LogP contribution < -0.4 is 5.32 Å². The molecule has 1 aliphatic heterocycles. The molecule has 0 aliphatic carbocycles. The average molecular weight is 364 g/mol. The minimum atomic E-state index is -0.192. The molecule has 6 heteroatoms. The Morgan fingerprint density at radius 1 is 1.00 bits per heavy atom. The van der Waals surface area contributed by atoms with E-state index in [0.717, 1.165) is 49.1 Å². The highest BCUT2D eigenvalue weighted by atomic mass is 35.5.